The second-order valence-electron chi connectivity index (χ2n) is 4.53. The molecule has 2 rings (SSSR count). The lowest BCUT2D eigenvalue weighted by Gasteiger charge is -2.31. The summed E-state index contributed by atoms with van der Waals surface area (Å²) in [4.78, 5) is 21.3. The third-order valence-corrected chi connectivity index (χ3v) is 3.11. The number of rotatable bonds is 4. The van der Waals surface area contributed by atoms with E-state index in [9.17, 15) is 13.6 Å². The maximum Gasteiger partial charge on any atom is 0.271 e. The highest BCUT2D eigenvalue weighted by molar-refractivity contribution is 5.92. The van der Waals surface area contributed by atoms with Crippen molar-refractivity contribution in [1.82, 2.24) is 20.2 Å². The molecule has 0 saturated carbocycles. The Morgan fingerprint density at radius 3 is 2.74 bits per heavy atom. The van der Waals surface area contributed by atoms with Gasteiger partial charge in [-0.2, -0.15) is 0 Å². The highest BCUT2D eigenvalue weighted by Gasteiger charge is 2.23. The van der Waals surface area contributed by atoms with Crippen molar-refractivity contribution in [3.05, 3.63) is 24.3 Å². The van der Waals surface area contributed by atoms with Crippen LogP contribution < -0.4 is 5.32 Å². The standard InChI is InChI=1S/C12H16F2N4O/c13-11(14)8-18-5-1-9(2-6-18)17-12(19)10-7-15-3-4-16-10/h3-4,7,9,11H,1-2,5-6,8H2,(H,17,19). The first-order chi connectivity index (χ1) is 9.15. The summed E-state index contributed by atoms with van der Waals surface area (Å²) in [7, 11) is 0. The zero-order valence-corrected chi connectivity index (χ0v) is 10.4. The Bertz CT molecular complexity index is 407. The van der Waals surface area contributed by atoms with E-state index in [1.165, 1.54) is 18.6 Å². The molecule has 0 aromatic carbocycles. The summed E-state index contributed by atoms with van der Waals surface area (Å²) in [6.45, 7) is 0.969. The van der Waals surface area contributed by atoms with Gasteiger partial charge in [-0.25, -0.2) is 13.8 Å². The quantitative estimate of drug-likeness (QED) is 0.884. The highest BCUT2D eigenvalue weighted by Crippen LogP contribution is 2.12. The molecule has 1 saturated heterocycles. The number of hydrogen-bond donors (Lipinski definition) is 1. The fourth-order valence-electron chi connectivity index (χ4n) is 2.13. The van der Waals surface area contributed by atoms with Gasteiger partial charge in [-0.05, 0) is 12.8 Å². The van der Waals surface area contributed by atoms with Crippen LogP contribution >= 0.6 is 0 Å². The first-order valence-corrected chi connectivity index (χ1v) is 6.22. The number of carbonyl (C=O) groups is 1. The van der Waals surface area contributed by atoms with E-state index >= 15 is 0 Å². The molecule has 0 spiro atoms. The number of halogens is 2. The monoisotopic (exact) mass is 270 g/mol. The number of aromatic nitrogens is 2. The third kappa shape index (κ3) is 4.20. The van der Waals surface area contributed by atoms with Crippen LogP contribution in [0.15, 0.2) is 18.6 Å². The zero-order valence-electron chi connectivity index (χ0n) is 10.4. The Balaban J connectivity index is 1.78. The van der Waals surface area contributed by atoms with E-state index in [2.05, 4.69) is 15.3 Å². The Labute approximate surface area is 110 Å². The van der Waals surface area contributed by atoms with Crippen LogP contribution in [0.1, 0.15) is 23.3 Å². The molecule has 1 amide bonds. The van der Waals surface area contributed by atoms with Crippen LogP contribution in [0.4, 0.5) is 8.78 Å². The zero-order chi connectivity index (χ0) is 13.7. The lowest BCUT2D eigenvalue weighted by Crippen LogP contribution is -2.45. The summed E-state index contributed by atoms with van der Waals surface area (Å²) in [5.41, 5.74) is 0.275. The molecule has 1 aromatic heterocycles. The second-order valence-corrected chi connectivity index (χ2v) is 4.53. The Morgan fingerprint density at radius 2 is 2.16 bits per heavy atom. The number of likely N-dealkylation sites (tertiary alicyclic amines) is 1. The third-order valence-electron chi connectivity index (χ3n) is 3.11. The lowest BCUT2D eigenvalue weighted by molar-refractivity contribution is 0.0695. The van der Waals surface area contributed by atoms with E-state index in [4.69, 9.17) is 0 Å². The van der Waals surface area contributed by atoms with Crippen molar-refractivity contribution in [3.63, 3.8) is 0 Å². The topological polar surface area (TPSA) is 58.1 Å². The van der Waals surface area contributed by atoms with Gasteiger partial charge in [0.15, 0.2) is 0 Å². The number of amides is 1. The average Bonchev–Trinajstić information content (AvgIpc) is 2.41. The summed E-state index contributed by atoms with van der Waals surface area (Å²) >= 11 is 0. The summed E-state index contributed by atoms with van der Waals surface area (Å²) in [6.07, 6.45) is 3.42. The summed E-state index contributed by atoms with van der Waals surface area (Å²) in [5.74, 6) is -0.264. The van der Waals surface area contributed by atoms with Crippen LogP contribution in [-0.2, 0) is 0 Å². The molecule has 5 nitrogen and oxygen atoms in total. The Kier molecular flexibility index (Phi) is 4.73. The fraction of sp³-hybridized carbons (Fsp3) is 0.583. The molecule has 7 heteroatoms. The van der Waals surface area contributed by atoms with E-state index in [-0.39, 0.29) is 24.2 Å². The smallest absolute Gasteiger partial charge is 0.271 e. The summed E-state index contributed by atoms with van der Waals surface area (Å²) in [6, 6.07) is 0.0171. The molecule has 0 bridgehead atoms. The number of nitrogens with one attached hydrogen (secondary N) is 1. The minimum absolute atomic E-state index is 0.0171. The molecule has 104 valence electrons. The molecular weight excluding hydrogens is 254 g/mol. The highest BCUT2D eigenvalue weighted by atomic mass is 19.3. The largest absolute Gasteiger partial charge is 0.348 e. The number of alkyl halides is 2. The van der Waals surface area contributed by atoms with Crippen LogP contribution in [0.2, 0.25) is 0 Å². The molecule has 1 N–H and O–H groups in total. The number of hydrogen-bond acceptors (Lipinski definition) is 4. The first kappa shape index (κ1) is 13.8. The van der Waals surface area contributed by atoms with E-state index in [1.807, 2.05) is 0 Å². The van der Waals surface area contributed by atoms with E-state index in [0.717, 1.165) is 0 Å². The van der Waals surface area contributed by atoms with Crippen LogP contribution in [0.3, 0.4) is 0 Å². The molecule has 1 aliphatic heterocycles. The SMILES string of the molecule is O=C(NC1CCN(CC(F)F)CC1)c1cnccn1. The van der Waals surface area contributed by atoms with Gasteiger partial charge in [-0.3, -0.25) is 14.7 Å². The molecule has 0 atom stereocenters. The van der Waals surface area contributed by atoms with Gasteiger partial charge in [0.05, 0.1) is 12.7 Å². The molecule has 0 radical (unpaired) electrons. The van der Waals surface area contributed by atoms with Gasteiger partial charge in [-0.1, -0.05) is 0 Å². The van der Waals surface area contributed by atoms with Gasteiger partial charge < -0.3 is 5.32 Å². The van der Waals surface area contributed by atoms with Crippen molar-refractivity contribution in [2.45, 2.75) is 25.3 Å². The first-order valence-electron chi connectivity index (χ1n) is 6.22. The molecule has 0 unspecified atom stereocenters. The van der Waals surface area contributed by atoms with Crippen molar-refractivity contribution >= 4 is 5.91 Å². The molecule has 1 fully saturated rings. The molecule has 2 heterocycles. The number of carbonyl (C=O) groups excluding carboxylic acids is 1. The molecule has 19 heavy (non-hydrogen) atoms. The van der Waals surface area contributed by atoms with Crippen LogP contribution in [0.5, 0.6) is 0 Å². The molecular formula is C12H16F2N4O. The maximum atomic E-state index is 12.2. The Hall–Kier alpha value is -1.63. The van der Waals surface area contributed by atoms with E-state index in [0.29, 0.717) is 25.9 Å². The predicted octanol–water partition coefficient (Wildman–Crippen LogP) is 0.936. The molecule has 1 aromatic rings. The van der Waals surface area contributed by atoms with Crippen molar-refractivity contribution in [1.29, 1.82) is 0 Å². The van der Waals surface area contributed by atoms with Crippen LogP contribution in [0.25, 0.3) is 0 Å². The maximum absolute atomic E-state index is 12.2. The summed E-state index contributed by atoms with van der Waals surface area (Å²) < 4.78 is 24.4. The minimum Gasteiger partial charge on any atom is -0.348 e. The molecule has 1 aliphatic rings. The molecule has 0 aliphatic carbocycles. The van der Waals surface area contributed by atoms with Crippen molar-refractivity contribution < 1.29 is 13.6 Å². The van der Waals surface area contributed by atoms with Crippen LogP contribution in [0, 0.1) is 0 Å². The predicted molar refractivity (Wildman–Crippen MR) is 65.0 cm³/mol. The van der Waals surface area contributed by atoms with Gasteiger partial charge in [0, 0.05) is 31.5 Å². The fourth-order valence-corrected chi connectivity index (χ4v) is 2.13. The van der Waals surface area contributed by atoms with Crippen LogP contribution in [-0.4, -0.2) is 52.9 Å². The van der Waals surface area contributed by atoms with Crippen molar-refractivity contribution in [2.24, 2.45) is 0 Å². The van der Waals surface area contributed by atoms with Gasteiger partial charge in [0.1, 0.15) is 5.69 Å². The van der Waals surface area contributed by atoms with Gasteiger partial charge in [0.2, 0.25) is 0 Å². The normalized spacial score (nSPS) is 17.6. The average molecular weight is 270 g/mol. The second kappa shape index (κ2) is 6.51. The van der Waals surface area contributed by atoms with Crippen molar-refractivity contribution in [2.75, 3.05) is 19.6 Å². The van der Waals surface area contributed by atoms with E-state index in [1.54, 1.807) is 4.90 Å². The number of nitrogens with zero attached hydrogens (tertiary/aromatic N) is 3. The van der Waals surface area contributed by atoms with E-state index < -0.39 is 6.43 Å². The van der Waals surface area contributed by atoms with Crippen molar-refractivity contribution in [3.8, 4) is 0 Å². The number of piperidine rings is 1. The van der Waals surface area contributed by atoms with Gasteiger partial charge in [-0.15, -0.1) is 0 Å². The summed E-state index contributed by atoms with van der Waals surface area (Å²) in [5, 5.41) is 2.85. The Morgan fingerprint density at radius 1 is 1.42 bits per heavy atom. The lowest BCUT2D eigenvalue weighted by atomic mass is 10.0. The van der Waals surface area contributed by atoms with Gasteiger partial charge in [0.25, 0.3) is 12.3 Å². The minimum atomic E-state index is -2.30. The van der Waals surface area contributed by atoms with Gasteiger partial charge >= 0.3 is 0 Å².